The summed E-state index contributed by atoms with van der Waals surface area (Å²) in [6.07, 6.45) is 3.45. The molecule has 4 nitrogen and oxygen atoms in total. The second-order valence-corrected chi connectivity index (χ2v) is 1.95. The summed E-state index contributed by atoms with van der Waals surface area (Å²) in [5.74, 6) is 0.0382. The minimum atomic E-state index is 0.0382. The third-order valence-corrected chi connectivity index (χ3v) is 1.19. The van der Waals surface area contributed by atoms with Gasteiger partial charge in [0.05, 0.1) is 11.8 Å². The summed E-state index contributed by atoms with van der Waals surface area (Å²) in [6.45, 7) is 0.393. The second kappa shape index (κ2) is 3.12. The van der Waals surface area contributed by atoms with Crippen molar-refractivity contribution in [3.8, 4) is 0 Å². The molecule has 0 aliphatic rings. The summed E-state index contributed by atoms with van der Waals surface area (Å²) >= 11 is 0. The van der Waals surface area contributed by atoms with Gasteiger partial charge in [-0.1, -0.05) is 0 Å². The van der Waals surface area contributed by atoms with Gasteiger partial charge in [-0.25, -0.2) is 0 Å². The van der Waals surface area contributed by atoms with Crippen LogP contribution in [-0.2, 0) is 0 Å². The number of carbonyl (C=O) groups is 1. The summed E-state index contributed by atoms with van der Waals surface area (Å²) in [6, 6.07) is 0. The zero-order valence-electron chi connectivity index (χ0n) is 5.50. The number of nitrogens with one attached hydrogen (secondary N) is 1. The molecule has 1 aromatic rings. The molecule has 0 unspecified atom stereocenters. The van der Waals surface area contributed by atoms with Crippen LogP contribution >= 0.6 is 0 Å². The standard InChI is InChI=1S/C6H9N3O/c7-2-1-6(10)5-3-8-9-4-5/h3-4H,1-2,7H2,(H,8,9). The summed E-state index contributed by atoms with van der Waals surface area (Å²) < 4.78 is 0. The molecule has 0 atom stereocenters. The number of H-pyrrole nitrogens is 1. The number of Topliss-reactive ketones (excluding diaryl/α,β-unsaturated/α-hetero) is 1. The van der Waals surface area contributed by atoms with Crippen molar-refractivity contribution in [2.45, 2.75) is 6.42 Å². The van der Waals surface area contributed by atoms with Gasteiger partial charge in [-0.2, -0.15) is 5.10 Å². The Morgan fingerprint density at radius 2 is 2.60 bits per heavy atom. The maximum atomic E-state index is 11.0. The molecular formula is C6H9N3O. The molecule has 0 saturated carbocycles. The Hall–Kier alpha value is -1.16. The van der Waals surface area contributed by atoms with Crippen molar-refractivity contribution in [3.05, 3.63) is 18.0 Å². The summed E-state index contributed by atoms with van der Waals surface area (Å²) in [5.41, 5.74) is 5.79. The lowest BCUT2D eigenvalue weighted by Gasteiger charge is -1.90. The number of nitrogens with zero attached hydrogens (tertiary/aromatic N) is 1. The molecule has 0 saturated heterocycles. The van der Waals surface area contributed by atoms with Crippen LogP contribution in [0.25, 0.3) is 0 Å². The lowest BCUT2D eigenvalue weighted by Crippen LogP contribution is -2.07. The van der Waals surface area contributed by atoms with Gasteiger partial charge in [0, 0.05) is 12.6 Å². The maximum Gasteiger partial charge on any atom is 0.167 e. The number of rotatable bonds is 3. The highest BCUT2D eigenvalue weighted by atomic mass is 16.1. The van der Waals surface area contributed by atoms with Crippen molar-refractivity contribution in [1.29, 1.82) is 0 Å². The van der Waals surface area contributed by atoms with E-state index in [0.717, 1.165) is 0 Å². The number of hydrogen-bond donors (Lipinski definition) is 2. The third kappa shape index (κ3) is 1.41. The van der Waals surface area contributed by atoms with E-state index in [4.69, 9.17) is 5.73 Å². The molecule has 0 amide bonds. The van der Waals surface area contributed by atoms with Crippen LogP contribution in [0, 0.1) is 0 Å². The Morgan fingerprint density at radius 1 is 1.80 bits per heavy atom. The smallest absolute Gasteiger partial charge is 0.167 e. The van der Waals surface area contributed by atoms with Gasteiger partial charge in [-0.3, -0.25) is 9.89 Å². The predicted octanol–water partition coefficient (Wildman–Crippen LogP) is -0.0588. The van der Waals surface area contributed by atoms with Crippen molar-refractivity contribution in [2.24, 2.45) is 5.73 Å². The molecule has 0 aliphatic carbocycles. The number of ketones is 1. The van der Waals surface area contributed by atoms with Gasteiger partial charge in [-0.15, -0.1) is 0 Å². The SMILES string of the molecule is NCCC(=O)c1cn[nH]c1. The van der Waals surface area contributed by atoms with Crippen LogP contribution in [0.4, 0.5) is 0 Å². The highest BCUT2D eigenvalue weighted by Crippen LogP contribution is 1.97. The average Bonchev–Trinajstić information content (AvgIpc) is 2.38. The van der Waals surface area contributed by atoms with Crippen molar-refractivity contribution in [2.75, 3.05) is 6.54 Å². The summed E-state index contributed by atoms with van der Waals surface area (Å²) in [5, 5.41) is 6.20. The predicted molar refractivity (Wildman–Crippen MR) is 36.6 cm³/mol. The van der Waals surface area contributed by atoms with E-state index in [9.17, 15) is 4.79 Å². The summed E-state index contributed by atoms with van der Waals surface area (Å²) in [4.78, 5) is 11.0. The van der Waals surface area contributed by atoms with E-state index >= 15 is 0 Å². The monoisotopic (exact) mass is 139 g/mol. The van der Waals surface area contributed by atoms with Crippen LogP contribution in [-0.4, -0.2) is 22.5 Å². The Labute approximate surface area is 58.4 Å². The first kappa shape index (κ1) is 6.95. The molecule has 0 aliphatic heterocycles. The zero-order chi connectivity index (χ0) is 7.40. The molecular weight excluding hydrogens is 130 g/mol. The molecule has 1 aromatic heterocycles. The van der Waals surface area contributed by atoms with E-state index in [1.165, 1.54) is 6.20 Å². The van der Waals surface area contributed by atoms with Crippen molar-refractivity contribution in [3.63, 3.8) is 0 Å². The number of nitrogens with two attached hydrogens (primary N) is 1. The van der Waals surface area contributed by atoms with Crippen LogP contribution in [0.1, 0.15) is 16.8 Å². The lowest BCUT2D eigenvalue weighted by molar-refractivity contribution is 0.0985. The Bertz CT molecular complexity index is 205. The maximum absolute atomic E-state index is 11.0. The van der Waals surface area contributed by atoms with Crippen LogP contribution in [0.15, 0.2) is 12.4 Å². The zero-order valence-corrected chi connectivity index (χ0v) is 5.50. The molecule has 4 heteroatoms. The number of aromatic nitrogens is 2. The topological polar surface area (TPSA) is 71.8 Å². The quantitative estimate of drug-likeness (QED) is 0.576. The minimum Gasteiger partial charge on any atom is -0.330 e. The Morgan fingerprint density at radius 3 is 3.10 bits per heavy atom. The largest absolute Gasteiger partial charge is 0.330 e. The Balaban J connectivity index is 2.59. The van der Waals surface area contributed by atoms with Gasteiger partial charge < -0.3 is 5.73 Å². The van der Waals surface area contributed by atoms with Gasteiger partial charge in [0.15, 0.2) is 5.78 Å². The first-order valence-electron chi connectivity index (χ1n) is 3.06. The molecule has 1 heterocycles. The molecule has 0 spiro atoms. The molecule has 1 rings (SSSR count). The van der Waals surface area contributed by atoms with E-state index in [2.05, 4.69) is 10.2 Å². The van der Waals surface area contributed by atoms with E-state index in [0.29, 0.717) is 18.5 Å². The number of hydrogen-bond acceptors (Lipinski definition) is 3. The van der Waals surface area contributed by atoms with Crippen LogP contribution in [0.5, 0.6) is 0 Å². The fourth-order valence-electron chi connectivity index (χ4n) is 0.679. The molecule has 0 radical (unpaired) electrons. The first-order valence-corrected chi connectivity index (χ1v) is 3.06. The first-order chi connectivity index (χ1) is 4.84. The highest BCUT2D eigenvalue weighted by Gasteiger charge is 2.03. The van der Waals surface area contributed by atoms with Gasteiger partial charge in [0.1, 0.15) is 0 Å². The van der Waals surface area contributed by atoms with Crippen LogP contribution in [0.2, 0.25) is 0 Å². The van der Waals surface area contributed by atoms with Crippen molar-refractivity contribution >= 4 is 5.78 Å². The Kier molecular flexibility index (Phi) is 2.17. The normalized spacial score (nSPS) is 9.70. The fraction of sp³-hybridized carbons (Fsp3) is 0.333. The molecule has 0 fully saturated rings. The molecule has 3 N–H and O–H groups in total. The molecule has 54 valence electrons. The molecule has 10 heavy (non-hydrogen) atoms. The van der Waals surface area contributed by atoms with Gasteiger partial charge >= 0.3 is 0 Å². The lowest BCUT2D eigenvalue weighted by atomic mass is 10.2. The molecule has 0 bridgehead atoms. The second-order valence-electron chi connectivity index (χ2n) is 1.95. The van der Waals surface area contributed by atoms with Crippen LogP contribution < -0.4 is 5.73 Å². The van der Waals surface area contributed by atoms with E-state index in [1.807, 2.05) is 0 Å². The van der Waals surface area contributed by atoms with E-state index in [-0.39, 0.29) is 5.78 Å². The van der Waals surface area contributed by atoms with E-state index < -0.39 is 0 Å². The van der Waals surface area contributed by atoms with Crippen molar-refractivity contribution < 1.29 is 4.79 Å². The highest BCUT2D eigenvalue weighted by molar-refractivity contribution is 5.95. The van der Waals surface area contributed by atoms with Crippen molar-refractivity contribution in [1.82, 2.24) is 10.2 Å². The fourth-order valence-corrected chi connectivity index (χ4v) is 0.679. The summed E-state index contributed by atoms with van der Waals surface area (Å²) in [7, 11) is 0. The average molecular weight is 139 g/mol. The van der Waals surface area contributed by atoms with Crippen LogP contribution in [0.3, 0.4) is 0 Å². The van der Waals surface area contributed by atoms with Gasteiger partial charge in [0.2, 0.25) is 0 Å². The minimum absolute atomic E-state index is 0.0382. The number of aromatic amines is 1. The van der Waals surface area contributed by atoms with Gasteiger partial charge in [0.25, 0.3) is 0 Å². The van der Waals surface area contributed by atoms with Gasteiger partial charge in [-0.05, 0) is 6.54 Å². The third-order valence-electron chi connectivity index (χ3n) is 1.19. The van der Waals surface area contributed by atoms with E-state index in [1.54, 1.807) is 6.20 Å². The number of carbonyl (C=O) groups excluding carboxylic acids is 1. The molecule has 0 aromatic carbocycles.